The van der Waals surface area contributed by atoms with Crippen LogP contribution in [0.1, 0.15) is 15.6 Å². The Morgan fingerprint density at radius 1 is 1.44 bits per heavy atom. The fourth-order valence-corrected chi connectivity index (χ4v) is 3.96. The second-order valence-corrected chi connectivity index (χ2v) is 7.25. The van der Waals surface area contributed by atoms with Crippen LogP contribution < -0.4 is 5.73 Å². The number of nitrogens with zero attached hydrogens (tertiary/aromatic N) is 1. The summed E-state index contributed by atoms with van der Waals surface area (Å²) in [5.41, 5.74) is 7.20. The fourth-order valence-electron chi connectivity index (χ4n) is 1.51. The molecule has 0 bridgehead atoms. The van der Waals surface area contributed by atoms with Gasteiger partial charge in [0.2, 0.25) is 0 Å². The molecule has 1 unspecified atom stereocenters. The van der Waals surface area contributed by atoms with Gasteiger partial charge in [-0.3, -0.25) is 0 Å². The van der Waals surface area contributed by atoms with Crippen LogP contribution in [-0.4, -0.2) is 11.0 Å². The Labute approximate surface area is 112 Å². The van der Waals surface area contributed by atoms with Crippen molar-refractivity contribution in [1.82, 2.24) is 4.98 Å². The molecule has 16 heavy (non-hydrogen) atoms. The highest BCUT2D eigenvalue weighted by atomic mass is 79.9. The lowest BCUT2D eigenvalue weighted by molar-refractivity contribution is 0.667. The first kappa shape index (κ1) is 12.2. The van der Waals surface area contributed by atoms with E-state index in [9.17, 15) is 0 Å². The number of nitrogens with two attached hydrogens (primary N) is 1. The van der Waals surface area contributed by atoms with Gasteiger partial charge in [0.05, 0.1) is 8.79 Å². The van der Waals surface area contributed by atoms with Crippen molar-refractivity contribution >= 4 is 38.6 Å². The van der Waals surface area contributed by atoms with Crippen LogP contribution in [0.4, 0.5) is 0 Å². The van der Waals surface area contributed by atoms with Gasteiger partial charge in [0.1, 0.15) is 0 Å². The van der Waals surface area contributed by atoms with Crippen LogP contribution in [0, 0.1) is 6.92 Å². The minimum Gasteiger partial charge on any atom is -0.327 e. The molecule has 2 N–H and O–H groups in total. The van der Waals surface area contributed by atoms with E-state index in [-0.39, 0.29) is 6.04 Å². The largest absolute Gasteiger partial charge is 0.327 e. The van der Waals surface area contributed by atoms with Crippen LogP contribution in [0.15, 0.2) is 21.3 Å². The Morgan fingerprint density at radius 2 is 2.25 bits per heavy atom. The van der Waals surface area contributed by atoms with Crippen molar-refractivity contribution in [2.75, 3.05) is 0 Å². The van der Waals surface area contributed by atoms with E-state index in [4.69, 9.17) is 5.73 Å². The van der Waals surface area contributed by atoms with Crippen LogP contribution >= 0.6 is 38.6 Å². The minimum atomic E-state index is 0.163. The molecule has 0 aliphatic heterocycles. The summed E-state index contributed by atoms with van der Waals surface area (Å²) < 4.78 is 1.17. The fraction of sp³-hybridized carbons (Fsp3) is 0.364. The third-order valence-electron chi connectivity index (χ3n) is 2.20. The van der Waals surface area contributed by atoms with Crippen molar-refractivity contribution in [3.63, 3.8) is 0 Å². The first-order valence-corrected chi connectivity index (χ1v) is 7.53. The number of rotatable bonds is 4. The first-order chi connectivity index (χ1) is 7.63. The standard InChI is InChI=1S/C11H13BrN2S2/c1-7-6-15-11(14-7)5-8(13)4-9-2-3-10(12)16-9/h2-3,6,8H,4-5,13H2,1H3. The Hall–Kier alpha value is -0.230. The van der Waals surface area contributed by atoms with Gasteiger partial charge in [0, 0.05) is 28.4 Å². The van der Waals surface area contributed by atoms with Crippen LogP contribution in [0.5, 0.6) is 0 Å². The quantitative estimate of drug-likeness (QED) is 0.939. The molecule has 0 aliphatic carbocycles. The molecule has 0 spiro atoms. The number of hydrogen-bond acceptors (Lipinski definition) is 4. The smallest absolute Gasteiger partial charge is 0.0943 e. The number of aryl methyl sites for hydroxylation is 1. The highest BCUT2D eigenvalue weighted by Crippen LogP contribution is 2.23. The zero-order chi connectivity index (χ0) is 11.5. The molecule has 2 nitrogen and oxygen atoms in total. The zero-order valence-electron chi connectivity index (χ0n) is 8.94. The summed E-state index contributed by atoms with van der Waals surface area (Å²) in [5.74, 6) is 0. The van der Waals surface area contributed by atoms with Gasteiger partial charge >= 0.3 is 0 Å². The van der Waals surface area contributed by atoms with E-state index in [0.29, 0.717) is 0 Å². The predicted molar refractivity (Wildman–Crippen MR) is 74.3 cm³/mol. The maximum atomic E-state index is 6.11. The van der Waals surface area contributed by atoms with Crippen molar-refractivity contribution in [2.45, 2.75) is 25.8 Å². The molecular weight excluding hydrogens is 304 g/mol. The third-order valence-corrected chi connectivity index (χ3v) is 4.83. The molecule has 0 fully saturated rings. The highest BCUT2D eigenvalue weighted by Gasteiger charge is 2.09. The molecule has 0 radical (unpaired) electrons. The van der Waals surface area contributed by atoms with Crippen molar-refractivity contribution in [3.8, 4) is 0 Å². The van der Waals surface area contributed by atoms with E-state index in [1.165, 1.54) is 8.66 Å². The van der Waals surface area contributed by atoms with E-state index >= 15 is 0 Å². The Balaban J connectivity index is 1.91. The van der Waals surface area contributed by atoms with Gasteiger partial charge in [-0.1, -0.05) is 0 Å². The zero-order valence-corrected chi connectivity index (χ0v) is 12.2. The van der Waals surface area contributed by atoms with E-state index in [1.54, 1.807) is 22.7 Å². The SMILES string of the molecule is Cc1csc(CC(N)Cc2ccc(Br)s2)n1. The molecule has 0 amide bonds. The predicted octanol–water partition coefficient (Wildman–Crippen LogP) is 3.39. The van der Waals surface area contributed by atoms with Crippen LogP contribution in [0.25, 0.3) is 0 Å². The Morgan fingerprint density at radius 3 is 2.81 bits per heavy atom. The topological polar surface area (TPSA) is 38.9 Å². The number of aromatic nitrogens is 1. The van der Waals surface area contributed by atoms with Crippen LogP contribution in [0.3, 0.4) is 0 Å². The average molecular weight is 317 g/mol. The molecule has 2 heterocycles. The van der Waals surface area contributed by atoms with E-state index in [2.05, 4.69) is 38.4 Å². The normalized spacial score (nSPS) is 12.9. The molecule has 5 heteroatoms. The lowest BCUT2D eigenvalue weighted by Crippen LogP contribution is -2.25. The van der Waals surface area contributed by atoms with Gasteiger partial charge in [-0.05, 0) is 41.4 Å². The third kappa shape index (κ3) is 3.38. The molecule has 86 valence electrons. The molecule has 0 saturated heterocycles. The molecule has 0 aliphatic rings. The number of thiophene rings is 1. The maximum Gasteiger partial charge on any atom is 0.0943 e. The van der Waals surface area contributed by atoms with Crippen LogP contribution in [-0.2, 0) is 12.8 Å². The summed E-state index contributed by atoms with van der Waals surface area (Å²) in [6.07, 6.45) is 1.79. The Bertz CT molecular complexity index is 422. The summed E-state index contributed by atoms with van der Waals surface area (Å²) in [6.45, 7) is 2.02. The van der Waals surface area contributed by atoms with Gasteiger partial charge in [-0.2, -0.15) is 0 Å². The van der Waals surface area contributed by atoms with Gasteiger partial charge in [-0.15, -0.1) is 22.7 Å². The molecule has 2 rings (SSSR count). The molecular formula is C11H13BrN2S2. The molecule has 0 aromatic carbocycles. The van der Waals surface area contributed by atoms with E-state index < -0.39 is 0 Å². The summed E-state index contributed by atoms with van der Waals surface area (Å²) in [5, 5.41) is 3.21. The van der Waals surface area contributed by atoms with Crippen molar-refractivity contribution < 1.29 is 0 Å². The lowest BCUT2D eigenvalue weighted by atomic mass is 10.1. The monoisotopic (exact) mass is 316 g/mol. The molecule has 2 aromatic rings. The minimum absolute atomic E-state index is 0.163. The first-order valence-electron chi connectivity index (χ1n) is 5.04. The maximum absolute atomic E-state index is 6.11. The molecule has 2 aromatic heterocycles. The molecule has 0 saturated carbocycles. The lowest BCUT2D eigenvalue weighted by Gasteiger charge is -2.07. The van der Waals surface area contributed by atoms with Gasteiger partial charge < -0.3 is 5.73 Å². The van der Waals surface area contributed by atoms with Gasteiger partial charge in [0.25, 0.3) is 0 Å². The van der Waals surface area contributed by atoms with E-state index in [0.717, 1.165) is 23.5 Å². The summed E-state index contributed by atoms with van der Waals surface area (Å²) in [4.78, 5) is 5.76. The average Bonchev–Trinajstić information content (AvgIpc) is 2.76. The van der Waals surface area contributed by atoms with Crippen molar-refractivity contribution in [2.24, 2.45) is 5.73 Å². The number of halogens is 1. The number of thiazole rings is 1. The second-order valence-electron chi connectivity index (χ2n) is 3.76. The van der Waals surface area contributed by atoms with Crippen molar-refractivity contribution in [1.29, 1.82) is 0 Å². The second kappa shape index (κ2) is 5.40. The van der Waals surface area contributed by atoms with Gasteiger partial charge in [-0.25, -0.2) is 4.98 Å². The molecule has 1 atom stereocenters. The van der Waals surface area contributed by atoms with E-state index in [1.807, 2.05) is 6.92 Å². The highest BCUT2D eigenvalue weighted by molar-refractivity contribution is 9.11. The van der Waals surface area contributed by atoms with Crippen LogP contribution in [0.2, 0.25) is 0 Å². The van der Waals surface area contributed by atoms with Gasteiger partial charge in [0.15, 0.2) is 0 Å². The Kier molecular flexibility index (Phi) is 4.13. The summed E-state index contributed by atoms with van der Waals surface area (Å²) in [6, 6.07) is 4.36. The summed E-state index contributed by atoms with van der Waals surface area (Å²) in [7, 11) is 0. The number of hydrogen-bond donors (Lipinski definition) is 1. The summed E-state index contributed by atoms with van der Waals surface area (Å²) >= 11 is 6.91. The van der Waals surface area contributed by atoms with Crippen molar-refractivity contribution in [3.05, 3.63) is 36.9 Å².